The van der Waals surface area contributed by atoms with Crippen molar-refractivity contribution in [2.75, 3.05) is 13.7 Å². The van der Waals surface area contributed by atoms with Crippen LogP contribution in [0.1, 0.15) is 22.7 Å². The lowest BCUT2D eigenvalue weighted by molar-refractivity contribution is 0.406. The zero-order valence-electron chi connectivity index (χ0n) is 16.0. The summed E-state index contributed by atoms with van der Waals surface area (Å²) in [4.78, 5) is 0. The van der Waals surface area contributed by atoms with E-state index in [2.05, 4.69) is 71.3 Å². The van der Waals surface area contributed by atoms with Gasteiger partial charge in [0.05, 0.1) is 7.11 Å². The molecule has 0 saturated heterocycles. The summed E-state index contributed by atoms with van der Waals surface area (Å²) in [5, 5.41) is 7.24. The summed E-state index contributed by atoms with van der Waals surface area (Å²) >= 11 is 0. The SMILES string of the molecule is COc1ccccc1CNCC(NCc1ccccc1)c1ccccc1.Cl.Cl. The van der Waals surface area contributed by atoms with Gasteiger partial charge in [-0.1, -0.05) is 78.9 Å². The molecular weight excluding hydrogens is 391 g/mol. The van der Waals surface area contributed by atoms with Gasteiger partial charge in [0.2, 0.25) is 0 Å². The standard InChI is InChI=1S/C23H26N2O.2ClH/c1-26-23-15-9-8-14-21(23)17-24-18-22(20-12-6-3-7-13-20)25-16-19-10-4-2-5-11-19;;/h2-15,22,24-25H,16-18H2,1H3;2*1H. The van der Waals surface area contributed by atoms with Crippen LogP contribution in [0.4, 0.5) is 0 Å². The topological polar surface area (TPSA) is 33.3 Å². The largest absolute Gasteiger partial charge is 0.496 e. The minimum atomic E-state index is 0. The molecule has 0 saturated carbocycles. The maximum Gasteiger partial charge on any atom is 0.123 e. The first-order chi connectivity index (χ1) is 12.9. The number of hydrogen-bond acceptors (Lipinski definition) is 3. The van der Waals surface area contributed by atoms with Gasteiger partial charge in [-0.25, -0.2) is 0 Å². The molecule has 0 aliphatic carbocycles. The number of hydrogen-bond donors (Lipinski definition) is 2. The summed E-state index contributed by atoms with van der Waals surface area (Å²) in [5.74, 6) is 0.925. The lowest BCUT2D eigenvalue weighted by atomic mass is 10.1. The molecule has 3 aromatic carbocycles. The fourth-order valence-corrected chi connectivity index (χ4v) is 3.03. The molecule has 0 aromatic heterocycles. The predicted molar refractivity (Wildman–Crippen MR) is 122 cm³/mol. The second kappa shape index (κ2) is 13.2. The second-order valence-corrected chi connectivity index (χ2v) is 6.27. The van der Waals surface area contributed by atoms with E-state index in [-0.39, 0.29) is 30.9 Å². The number of nitrogens with one attached hydrogen (secondary N) is 2. The molecule has 1 unspecified atom stereocenters. The molecule has 28 heavy (non-hydrogen) atoms. The summed E-state index contributed by atoms with van der Waals surface area (Å²) in [6, 6.07) is 29.5. The van der Waals surface area contributed by atoms with Crippen LogP contribution in [-0.2, 0) is 13.1 Å². The van der Waals surface area contributed by atoms with Crippen molar-refractivity contribution in [2.45, 2.75) is 19.1 Å². The third kappa shape index (κ3) is 7.17. The number of rotatable bonds is 9. The van der Waals surface area contributed by atoms with E-state index in [0.717, 1.165) is 25.4 Å². The van der Waals surface area contributed by atoms with E-state index in [4.69, 9.17) is 4.74 Å². The summed E-state index contributed by atoms with van der Waals surface area (Å²) in [6.45, 7) is 2.46. The lowest BCUT2D eigenvalue weighted by Crippen LogP contribution is -2.31. The van der Waals surface area contributed by atoms with E-state index in [1.807, 2.05) is 24.3 Å². The van der Waals surface area contributed by atoms with E-state index in [1.165, 1.54) is 16.7 Å². The normalized spacial score (nSPS) is 11.0. The van der Waals surface area contributed by atoms with Crippen molar-refractivity contribution in [1.82, 2.24) is 10.6 Å². The summed E-state index contributed by atoms with van der Waals surface area (Å²) < 4.78 is 5.44. The zero-order chi connectivity index (χ0) is 18.0. The van der Waals surface area contributed by atoms with Crippen LogP contribution in [0.25, 0.3) is 0 Å². The molecule has 0 spiro atoms. The van der Waals surface area contributed by atoms with Crippen molar-refractivity contribution < 1.29 is 4.74 Å². The molecule has 0 bridgehead atoms. The monoisotopic (exact) mass is 418 g/mol. The van der Waals surface area contributed by atoms with Crippen molar-refractivity contribution in [3.8, 4) is 5.75 Å². The van der Waals surface area contributed by atoms with E-state index >= 15 is 0 Å². The molecule has 0 aliphatic heterocycles. The van der Waals surface area contributed by atoms with Crippen LogP contribution in [0.2, 0.25) is 0 Å². The highest BCUT2D eigenvalue weighted by Gasteiger charge is 2.11. The third-order valence-corrected chi connectivity index (χ3v) is 4.45. The molecule has 0 aliphatic rings. The average Bonchev–Trinajstić information content (AvgIpc) is 2.72. The number of para-hydroxylation sites is 1. The average molecular weight is 419 g/mol. The summed E-state index contributed by atoms with van der Waals surface area (Å²) in [5.41, 5.74) is 3.75. The molecule has 0 radical (unpaired) electrons. The third-order valence-electron chi connectivity index (χ3n) is 4.45. The van der Waals surface area contributed by atoms with Crippen LogP contribution in [0, 0.1) is 0 Å². The Morgan fingerprint density at radius 2 is 1.36 bits per heavy atom. The number of halogens is 2. The molecule has 0 amide bonds. The predicted octanol–water partition coefficient (Wildman–Crippen LogP) is 5.16. The van der Waals surface area contributed by atoms with Gasteiger partial charge in [-0.3, -0.25) is 0 Å². The first-order valence-corrected chi connectivity index (χ1v) is 9.01. The lowest BCUT2D eigenvalue weighted by Gasteiger charge is -2.20. The molecule has 3 rings (SSSR count). The molecular formula is C23H28Cl2N2O. The van der Waals surface area contributed by atoms with Crippen molar-refractivity contribution in [3.05, 3.63) is 102 Å². The Bertz CT molecular complexity index is 785. The van der Waals surface area contributed by atoms with Gasteiger partial charge < -0.3 is 15.4 Å². The molecule has 0 heterocycles. The molecule has 0 fully saturated rings. The Labute approximate surface area is 180 Å². The zero-order valence-corrected chi connectivity index (χ0v) is 17.6. The smallest absolute Gasteiger partial charge is 0.123 e. The maximum absolute atomic E-state index is 5.44. The maximum atomic E-state index is 5.44. The van der Waals surface area contributed by atoms with Gasteiger partial charge in [0.1, 0.15) is 5.75 Å². The van der Waals surface area contributed by atoms with Crippen LogP contribution >= 0.6 is 24.8 Å². The quantitative estimate of drug-likeness (QED) is 0.503. The van der Waals surface area contributed by atoms with E-state index < -0.39 is 0 Å². The highest BCUT2D eigenvalue weighted by atomic mass is 35.5. The van der Waals surface area contributed by atoms with Crippen LogP contribution in [0.15, 0.2) is 84.9 Å². The molecule has 150 valence electrons. The van der Waals surface area contributed by atoms with Gasteiger partial charge in [-0.2, -0.15) is 0 Å². The minimum Gasteiger partial charge on any atom is -0.496 e. The van der Waals surface area contributed by atoms with Crippen molar-refractivity contribution in [2.24, 2.45) is 0 Å². The minimum absolute atomic E-state index is 0. The van der Waals surface area contributed by atoms with Crippen LogP contribution in [0.5, 0.6) is 5.75 Å². The Balaban J connectivity index is 0.00000196. The van der Waals surface area contributed by atoms with Gasteiger partial charge in [0.15, 0.2) is 0 Å². The number of methoxy groups -OCH3 is 1. The van der Waals surface area contributed by atoms with Gasteiger partial charge in [-0.05, 0) is 17.2 Å². The molecule has 5 heteroatoms. The fraction of sp³-hybridized carbons (Fsp3) is 0.217. The molecule has 3 aromatic rings. The fourth-order valence-electron chi connectivity index (χ4n) is 3.03. The van der Waals surface area contributed by atoms with E-state index in [9.17, 15) is 0 Å². The number of benzene rings is 3. The Hall–Kier alpha value is -2.04. The molecule has 3 nitrogen and oxygen atoms in total. The van der Waals surface area contributed by atoms with Gasteiger partial charge >= 0.3 is 0 Å². The number of ether oxygens (including phenoxy) is 1. The second-order valence-electron chi connectivity index (χ2n) is 6.27. The summed E-state index contributed by atoms with van der Waals surface area (Å²) in [6.07, 6.45) is 0. The summed E-state index contributed by atoms with van der Waals surface area (Å²) in [7, 11) is 1.72. The van der Waals surface area contributed by atoms with Gasteiger partial charge in [0, 0.05) is 31.2 Å². The Morgan fingerprint density at radius 1 is 0.750 bits per heavy atom. The highest BCUT2D eigenvalue weighted by molar-refractivity contribution is 5.85. The highest BCUT2D eigenvalue weighted by Crippen LogP contribution is 2.18. The van der Waals surface area contributed by atoms with Crippen molar-refractivity contribution in [1.29, 1.82) is 0 Å². The van der Waals surface area contributed by atoms with Crippen LogP contribution in [-0.4, -0.2) is 13.7 Å². The van der Waals surface area contributed by atoms with E-state index in [0.29, 0.717) is 0 Å². The van der Waals surface area contributed by atoms with E-state index in [1.54, 1.807) is 7.11 Å². The molecule has 1 atom stereocenters. The first-order valence-electron chi connectivity index (χ1n) is 9.01. The van der Waals surface area contributed by atoms with Crippen LogP contribution in [0.3, 0.4) is 0 Å². The van der Waals surface area contributed by atoms with Gasteiger partial charge in [-0.15, -0.1) is 24.8 Å². The first kappa shape index (κ1) is 24.0. The van der Waals surface area contributed by atoms with Crippen molar-refractivity contribution >= 4 is 24.8 Å². The Kier molecular flexibility index (Phi) is 11.3. The van der Waals surface area contributed by atoms with Crippen molar-refractivity contribution in [3.63, 3.8) is 0 Å². The molecule has 2 N–H and O–H groups in total. The van der Waals surface area contributed by atoms with Crippen LogP contribution < -0.4 is 15.4 Å². The Morgan fingerprint density at radius 3 is 2.04 bits per heavy atom. The van der Waals surface area contributed by atoms with Gasteiger partial charge in [0.25, 0.3) is 0 Å².